The van der Waals surface area contributed by atoms with Crippen LogP contribution in [0.15, 0.2) is 60.9 Å². The molecule has 0 amide bonds. The highest BCUT2D eigenvalue weighted by Crippen LogP contribution is 2.25. The second kappa shape index (κ2) is 5.15. The maximum Gasteiger partial charge on any atom is 0.200 e. The van der Waals surface area contributed by atoms with Crippen LogP contribution in [0.4, 0.5) is 0 Å². The van der Waals surface area contributed by atoms with Crippen molar-refractivity contribution < 1.29 is 5.11 Å². The number of hydrogen-bond acceptors (Lipinski definition) is 3. The van der Waals surface area contributed by atoms with E-state index in [2.05, 4.69) is 22.1 Å². The van der Waals surface area contributed by atoms with Gasteiger partial charge in [-0.3, -0.25) is 9.97 Å². The summed E-state index contributed by atoms with van der Waals surface area (Å²) in [6.07, 6.45) is 4.38. The Hall–Kier alpha value is -2.88. The van der Waals surface area contributed by atoms with Gasteiger partial charge in [0.2, 0.25) is 5.88 Å². The molecule has 4 rings (SSSR count). The highest BCUT2D eigenvalue weighted by atomic mass is 16.3. The molecule has 0 unspecified atom stereocenters. The number of para-hydroxylation sites is 1. The zero-order chi connectivity index (χ0) is 14.9. The molecular formula is C18H15N3O. The first-order valence-electron chi connectivity index (χ1n) is 7.29. The Morgan fingerprint density at radius 1 is 0.955 bits per heavy atom. The van der Waals surface area contributed by atoms with E-state index in [0.717, 1.165) is 33.9 Å². The summed E-state index contributed by atoms with van der Waals surface area (Å²) in [5.41, 5.74) is 2.83. The number of rotatable bonds is 3. The van der Waals surface area contributed by atoms with E-state index in [4.69, 9.17) is 0 Å². The molecule has 0 saturated heterocycles. The summed E-state index contributed by atoms with van der Waals surface area (Å²) in [5.74, 6) is 0.267. The van der Waals surface area contributed by atoms with Crippen molar-refractivity contribution in [1.29, 1.82) is 0 Å². The first kappa shape index (κ1) is 12.8. The van der Waals surface area contributed by atoms with Crippen LogP contribution >= 0.6 is 0 Å². The molecule has 0 saturated carbocycles. The average Bonchev–Trinajstić information content (AvgIpc) is 2.89. The van der Waals surface area contributed by atoms with Gasteiger partial charge in [-0.25, -0.2) is 0 Å². The van der Waals surface area contributed by atoms with Gasteiger partial charge in [0.15, 0.2) is 0 Å². The molecule has 4 aromatic rings. The first-order valence-corrected chi connectivity index (χ1v) is 7.29. The van der Waals surface area contributed by atoms with Gasteiger partial charge in [-0.15, -0.1) is 0 Å². The van der Waals surface area contributed by atoms with Gasteiger partial charge >= 0.3 is 0 Å². The maximum absolute atomic E-state index is 10.2. The third-order valence-corrected chi connectivity index (χ3v) is 3.89. The minimum atomic E-state index is 0.267. The van der Waals surface area contributed by atoms with Crippen LogP contribution in [-0.2, 0) is 13.0 Å². The highest BCUT2D eigenvalue weighted by molar-refractivity contribution is 5.84. The van der Waals surface area contributed by atoms with Crippen molar-refractivity contribution in [1.82, 2.24) is 14.5 Å². The van der Waals surface area contributed by atoms with Crippen LogP contribution in [0.25, 0.3) is 21.8 Å². The van der Waals surface area contributed by atoms with Gasteiger partial charge in [0.1, 0.15) is 0 Å². The summed E-state index contributed by atoms with van der Waals surface area (Å²) in [5, 5.41) is 12.2. The van der Waals surface area contributed by atoms with Gasteiger partial charge in [-0.2, -0.15) is 0 Å². The number of aryl methyl sites for hydroxylation is 2. The lowest BCUT2D eigenvalue weighted by atomic mass is 10.2. The highest BCUT2D eigenvalue weighted by Gasteiger charge is 2.08. The Morgan fingerprint density at radius 2 is 1.86 bits per heavy atom. The molecule has 0 fully saturated rings. The van der Waals surface area contributed by atoms with Gasteiger partial charge in [0.05, 0.1) is 16.4 Å². The second-order valence-electron chi connectivity index (χ2n) is 5.33. The van der Waals surface area contributed by atoms with E-state index < -0.39 is 0 Å². The van der Waals surface area contributed by atoms with Crippen LogP contribution in [0.2, 0.25) is 0 Å². The monoisotopic (exact) mass is 289 g/mol. The minimum absolute atomic E-state index is 0.267. The molecule has 4 heteroatoms. The Morgan fingerprint density at radius 3 is 2.77 bits per heavy atom. The van der Waals surface area contributed by atoms with Gasteiger partial charge in [0, 0.05) is 36.4 Å². The largest absolute Gasteiger partial charge is 0.494 e. The second-order valence-corrected chi connectivity index (χ2v) is 5.33. The van der Waals surface area contributed by atoms with E-state index >= 15 is 0 Å². The number of hydrogen-bond donors (Lipinski definition) is 1. The fraction of sp³-hybridized carbons (Fsp3) is 0.111. The van der Waals surface area contributed by atoms with Gasteiger partial charge in [-0.1, -0.05) is 24.3 Å². The molecule has 4 nitrogen and oxygen atoms in total. The molecule has 0 radical (unpaired) electrons. The Bertz CT molecular complexity index is 959. The Kier molecular flexibility index (Phi) is 3.00. The molecule has 108 valence electrons. The molecule has 0 aliphatic rings. The van der Waals surface area contributed by atoms with Gasteiger partial charge < -0.3 is 9.67 Å². The van der Waals surface area contributed by atoms with Crippen LogP contribution in [-0.4, -0.2) is 19.6 Å². The van der Waals surface area contributed by atoms with Crippen molar-refractivity contribution in [3.8, 4) is 5.88 Å². The zero-order valence-corrected chi connectivity index (χ0v) is 12.0. The van der Waals surface area contributed by atoms with E-state index in [1.807, 2.05) is 47.2 Å². The standard InChI is InChI=1S/C18H15N3O/c22-18-15-5-3-10-19-17(15)12-21(18)11-9-14-8-7-13-4-1-2-6-16(13)20-14/h1-8,10,12,22H,9,11H2. The predicted octanol–water partition coefficient (Wildman–Crippen LogP) is 3.53. The van der Waals surface area contributed by atoms with E-state index in [9.17, 15) is 5.11 Å². The number of benzene rings is 1. The molecule has 0 atom stereocenters. The SMILES string of the molecule is Oc1c2cccnc2cn1CCc1ccc2ccccc2n1. The molecule has 22 heavy (non-hydrogen) atoms. The summed E-state index contributed by atoms with van der Waals surface area (Å²) in [6.45, 7) is 0.674. The molecule has 0 bridgehead atoms. The molecular weight excluding hydrogens is 274 g/mol. The topological polar surface area (TPSA) is 50.9 Å². The van der Waals surface area contributed by atoms with Gasteiger partial charge in [0.25, 0.3) is 0 Å². The lowest BCUT2D eigenvalue weighted by Crippen LogP contribution is -2.01. The zero-order valence-electron chi connectivity index (χ0n) is 12.0. The predicted molar refractivity (Wildman–Crippen MR) is 86.8 cm³/mol. The lowest BCUT2D eigenvalue weighted by molar-refractivity contribution is 0.422. The van der Waals surface area contributed by atoms with Crippen molar-refractivity contribution >= 4 is 21.8 Å². The quantitative estimate of drug-likeness (QED) is 0.627. The number of aromatic hydroxyl groups is 1. The summed E-state index contributed by atoms with van der Waals surface area (Å²) in [6, 6.07) is 15.9. The molecule has 0 aliphatic heterocycles. The fourth-order valence-corrected chi connectivity index (χ4v) is 2.73. The Balaban J connectivity index is 1.61. The average molecular weight is 289 g/mol. The van der Waals surface area contributed by atoms with Crippen molar-refractivity contribution in [3.63, 3.8) is 0 Å². The molecule has 0 spiro atoms. The summed E-state index contributed by atoms with van der Waals surface area (Å²) >= 11 is 0. The van der Waals surface area contributed by atoms with Crippen molar-refractivity contribution in [3.05, 3.63) is 66.6 Å². The maximum atomic E-state index is 10.2. The van der Waals surface area contributed by atoms with Crippen molar-refractivity contribution in [2.75, 3.05) is 0 Å². The number of nitrogens with zero attached hydrogens (tertiary/aromatic N) is 3. The van der Waals surface area contributed by atoms with Crippen LogP contribution < -0.4 is 0 Å². The first-order chi connectivity index (χ1) is 10.8. The number of fused-ring (bicyclic) bond motifs is 2. The molecule has 0 aliphatic carbocycles. The van der Waals surface area contributed by atoms with Crippen molar-refractivity contribution in [2.24, 2.45) is 0 Å². The van der Waals surface area contributed by atoms with E-state index in [-0.39, 0.29) is 5.88 Å². The summed E-state index contributed by atoms with van der Waals surface area (Å²) in [4.78, 5) is 8.93. The normalized spacial score (nSPS) is 11.3. The number of pyridine rings is 2. The molecule has 3 heterocycles. The summed E-state index contributed by atoms with van der Waals surface area (Å²) in [7, 11) is 0. The van der Waals surface area contributed by atoms with Crippen LogP contribution in [0.5, 0.6) is 5.88 Å². The lowest BCUT2D eigenvalue weighted by Gasteiger charge is -2.05. The molecule has 3 aromatic heterocycles. The molecule has 1 aromatic carbocycles. The van der Waals surface area contributed by atoms with E-state index in [0.29, 0.717) is 6.54 Å². The van der Waals surface area contributed by atoms with E-state index in [1.165, 1.54) is 0 Å². The third kappa shape index (κ3) is 2.19. The smallest absolute Gasteiger partial charge is 0.200 e. The molecule has 1 N–H and O–H groups in total. The van der Waals surface area contributed by atoms with Crippen LogP contribution in [0.1, 0.15) is 5.69 Å². The fourth-order valence-electron chi connectivity index (χ4n) is 2.73. The third-order valence-electron chi connectivity index (χ3n) is 3.89. The number of aromatic nitrogens is 3. The van der Waals surface area contributed by atoms with Crippen molar-refractivity contribution in [2.45, 2.75) is 13.0 Å². The Labute approximate surface area is 127 Å². The van der Waals surface area contributed by atoms with E-state index in [1.54, 1.807) is 6.20 Å². The van der Waals surface area contributed by atoms with Crippen LogP contribution in [0.3, 0.4) is 0 Å². The van der Waals surface area contributed by atoms with Crippen LogP contribution in [0, 0.1) is 0 Å². The summed E-state index contributed by atoms with van der Waals surface area (Å²) < 4.78 is 1.83. The minimum Gasteiger partial charge on any atom is -0.494 e. The van der Waals surface area contributed by atoms with Gasteiger partial charge in [-0.05, 0) is 24.3 Å².